The molecule has 0 saturated carbocycles. The number of carbonyl (C=O) groups is 2. The van der Waals surface area contributed by atoms with Crippen LogP contribution in [0.5, 0.6) is 0 Å². The molecule has 1 fully saturated rings. The van der Waals surface area contributed by atoms with Crippen LogP contribution < -0.4 is 10.6 Å². The Bertz CT molecular complexity index is 399. The van der Waals surface area contributed by atoms with E-state index in [1.54, 1.807) is 13.1 Å². The molecule has 0 radical (unpaired) electrons. The van der Waals surface area contributed by atoms with Crippen LogP contribution in [0.15, 0.2) is 10.6 Å². The summed E-state index contributed by atoms with van der Waals surface area (Å²) in [6, 6.07) is -0.468. The van der Waals surface area contributed by atoms with Crippen LogP contribution in [0, 0.1) is 6.92 Å². The molecule has 1 aromatic rings. The molecule has 2 amide bonds. The molecule has 0 aromatic carbocycles. The predicted octanol–water partition coefficient (Wildman–Crippen LogP) is -0.512. The van der Waals surface area contributed by atoms with Gasteiger partial charge >= 0.3 is 0 Å². The summed E-state index contributed by atoms with van der Waals surface area (Å²) in [6.45, 7) is 2.14. The Labute approximate surface area is 86.1 Å². The van der Waals surface area contributed by atoms with Gasteiger partial charge in [0.1, 0.15) is 5.76 Å². The van der Waals surface area contributed by atoms with Crippen molar-refractivity contribution in [3.05, 3.63) is 17.8 Å². The van der Waals surface area contributed by atoms with Crippen LogP contribution in [0.25, 0.3) is 0 Å². The summed E-state index contributed by atoms with van der Waals surface area (Å²) in [6.07, 6.45) is 1.79. The monoisotopic (exact) mass is 209 g/mol. The minimum atomic E-state index is -0.468. The molecule has 2 heterocycles. The van der Waals surface area contributed by atoms with Gasteiger partial charge in [0, 0.05) is 0 Å². The number of imide groups is 1. The van der Waals surface area contributed by atoms with Crippen molar-refractivity contribution in [3.8, 4) is 0 Å². The first-order chi connectivity index (χ1) is 7.15. The Morgan fingerprint density at radius 2 is 2.47 bits per heavy atom. The average Bonchev–Trinajstić information content (AvgIpc) is 2.70. The van der Waals surface area contributed by atoms with Gasteiger partial charge in [0.2, 0.25) is 17.7 Å². The zero-order valence-electron chi connectivity index (χ0n) is 8.24. The van der Waals surface area contributed by atoms with E-state index in [2.05, 4.69) is 15.6 Å². The zero-order valence-corrected chi connectivity index (χ0v) is 8.24. The van der Waals surface area contributed by atoms with Crippen LogP contribution in [0.1, 0.15) is 18.1 Å². The lowest BCUT2D eigenvalue weighted by Gasteiger charge is -2.05. The summed E-state index contributed by atoms with van der Waals surface area (Å²) in [4.78, 5) is 26.0. The lowest BCUT2D eigenvalue weighted by atomic mass is 10.2. The number of carbonyl (C=O) groups excluding carboxylic acids is 2. The highest BCUT2D eigenvalue weighted by atomic mass is 16.4. The van der Waals surface area contributed by atoms with E-state index in [9.17, 15) is 9.59 Å². The first-order valence-corrected chi connectivity index (χ1v) is 4.63. The molecule has 2 rings (SSSR count). The smallest absolute Gasteiger partial charge is 0.244 e. The van der Waals surface area contributed by atoms with E-state index >= 15 is 0 Å². The molecule has 1 aliphatic heterocycles. The second-order valence-corrected chi connectivity index (χ2v) is 3.41. The summed E-state index contributed by atoms with van der Waals surface area (Å²) in [5, 5.41) is 5.12. The van der Waals surface area contributed by atoms with Gasteiger partial charge in [-0.15, -0.1) is 0 Å². The van der Waals surface area contributed by atoms with Gasteiger partial charge < -0.3 is 4.42 Å². The predicted molar refractivity (Wildman–Crippen MR) is 49.6 cm³/mol. The van der Waals surface area contributed by atoms with Gasteiger partial charge in [-0.25, -0.2) is 4.98 Å². The van der Waals surface area contributed by atoms with E-state index in [-0.39, 0.29) is 18.2 Å². The number of aryl methyl sites for hydroxylation is 1. The van der Waals surface area contributed by atoms with E-state index in [1.807, 2.05) is 0 Å². The molecule has 1 unspecified atom stereocenters. The van der Waals surface area contributed by atoms with E-state index < -0.39 is 6.04 Å². The van der Waals surface area contributed by atoms with Crippen LogP contribution in [-0.2, 0) is 16.1 Å². The summed E-state index contributed by atoms with van der Waals surface area (Å²) < 4.78 is 5.22. The number of hydrogen-bond donors (Lipinski definition) is 2. The highest BCUT2D eigenvalue weighted by Crippen LogP contribution is 2.05. The van der Waals surface area contributed by atoms with Gasteiger partial charge in [0.15, 0.2) is 0 Å². The Morgan fingerprint density at radius 1 is 1.67 bits per heavy atom. The van der Waals surface area contributed by atoms with E-state index in [1.165, 1.54) is 0 Å². The number of nitrogens with zero attached hydrogens (tertiary/aromatic N) is 1. The highest BCUT2D eigenvalue weighted by molar-refractivity contribution is 6.05. The number of nitrogens with one attached hydrogen (secondary N) is 2. The second-order valence-electron chi connectivity index (χ2n) is 3.41. The molecule has 1 aliphatic rings. The molecule has 6 nitrogen and oxygen atoms in total. The van der Waals surface area contributed by atoms with Crippen molar-refractivity contribution in [2.75, 3.05) is 0 Å². The largest absolute Gasteiger partial charge is 0.445 e. The van der Waals surface area contributed by atoms with Gasteiger partial charge in [0.25, 0.3) is 0 Å². The van der Waals surface area contributed by atoms with Crippen molar-refractivity contribution in [2.45, 2.75) is 25.9 Å². The van der Waals surface area contributed by atoms with Crippen LogP contribution in [0.2, 0.25) is 0 Å². The minimum Gasteiger partial charge on any atom is -0.445 e. The van der Waals surface area contributed by atoms with Gasteiger partial charge in [0.05, 0.1) is 25.2 Å². The average molecular weight is 209 g/mol. The SMILES string of the molecule is Cc1cnc(CNC2CC(=O)NC2=O)o1. The molecule has 1 saturated heterocycles. The summed E-state index contributed by atoms with van der Waals surface area (Å²) in [5.74, 6) is 0.697. The second kappa shape index (κ2) is 3.82. The third-order valence-corrected chi connectivity index (χ3v) is 2.14. The van der Waals surface area contributed by atoms with Crippen LogP contribution in [0.4, 0.5) is 0 Å². The molecule has 80 valence electrons. The fraction of sp³-hybridized carbons (Fsp3) is 0.444. The van der Waals surface area contributed by atoms with Crippen molar-refractivity contribution < 1.29 is 14.0 Å². The number of amides is 2. The van der Waals surface area contributed by atoms with Crippen LogP contribution >= 0.6 is 0 Å². The minimum absolute atomic E-state index is 0.179. The molecule has 15 heavy (non-hydrogen) atoms. The standard InChI is InChI=1S/C9H11N3O3/c1-5-3-11-8(15-5)4-10-6-2-7(13)12-9(6)14/h3,6,10H,2,4H2,1H3,(H,12,13,14). The molecule has 0 spiro atoms. The molecule has 1 atom stereocenters. The maximum absolute atomic E-state index is 11.2. The first-order valence-electron chi connectivity index (χ1n) is 4.63. The lowest BCUT2D eigenvalue weighted by Crippen LogP contribution is -2.35. The van der Waals surface area contributed by atoms with E-state index in [4.69, 9.17) is 4.42 Å². The molecule has 0 bridgehead atoms. The number of hydrogen-bond acceptors (Lipinski definition) is 5. The Morgan fingerprint density at radius 3 is 3.00 bits per heavy atom. The number of aromatic nitrogens is 1. The lowest BCUT2D eigenvalue weighted by molar-refractivity contribution is -0.125. The Kier molecular flexibility index (Phi) is 2.51. The summed E-state index contributed by atoms with van der Waals surface area (Å²) in [5.41, 5.74) is 0. The van der Waals surface area contributed by atoms with Crippen LogP contribution in [-0.4, -0.2) is 22.8 Å². The third kappa shape index (κ3) is 2.21. The van der Waals surface area contributed by atoms with Gasteiger partial charge in [-0.05, 0) is 6.92 Å². The number of oxazole rings is 1. The van der Waals surface area contributed by atoms with Crippen LogP contribution in [0.3, 0.4) is 0 Å². The molecule has 2 N–H and O–H groups in total. The maximum atomic E-state index is 11.2. The first kappa shape index (κ1) is 9.85. The van der Waals surface area contributed by atoms with Crippen molar-refractivity contribution >= 4 is 11.8 Å². The maximum Gasteiger partial charge on any atom is 0.244 e. The quantitative estimate of drug-likeness (QED) is 0.655. The van der Waals surface area contributed by atoms with Crippen molar-refractivity contribution in [1.29, 1.82) is 0 Å². The Hall–Kier alpha value is -1.69. The molecule has 1 aromatic heterocycles. The number of rotatable bonds is 3. The molecule has 0 aliphatic carbocycles. The Balaban J connectivity index is 1.88. The molecule has 6 heteroatoms. The fourth-order valence-electron chi connectivity index (χ4n) is 1.41. The molecular formula is C9H11N3O3. The van der Waals surface area contributed by atoms with Gasteiger partial charge in [-0.3, -0.25) is 20.2 Å². The topological polar surface area (TPSA) is 84.2 Å². The van der Waals surface area contributed by atoms with E-state index in [0.717, 1.165) is 5.76 Å². The fourth-order valence-corrected chi connectivity index (χ4v) is 1.41. The summed E-state index contributed by atoms with van der Waals surface area (Å²) in [7, 11) is 0. The third-order valence-electron chi connectivity index (χ3n) is 2.14. The highest BCUT2D eigenvalue weighted by Gasteiger charge is 2.30. The van der Waals surface area contributed by atoms with Gasteiger partial charge in [-0.1, -0.05) is 0 Å². The normalized spacial score (nSPS) is 20.7. The van der Waals surface area contributed by atoms with Crippen molar-refractivity contribution in [2.24, 2.45) is 0 Å². The van der Waals surface area contributed by atoms with Crippen molar-refractivity contribution in [1.82, 2.24) is 15.6 Å². The zero-order chi connectivity index (χ0) is 10.8. The summed E-state index contributed by atoms with van der Waals surface area (Å²) >= 11 is 0. The van der Waals surface area contributed by atoms with Crippen molar-refractivity contribution in [3.63, 3.8) is 0 Å². The van der Waals surface area contributed by atoms with Gasteiger partial charge in [-0.2, -0.15) is 0 Å². The molecular weight excluding hydrogens is 198 g/mol. The van der Waals surface area contributed by atoms with E-state index in [0.29, 0.717) is 12.4 Å².